The van der Waals surface area contributed by atoms with Crippen LogP contribution in [0.2, 0.25) is 5.02 Å². The molecule has 21 heavy (non-hydrogen) atoms. The van der Waals surface area contributed by atoms with E-state index in [-0.39, 0.29) is 11.9 Å². The summed E-state index contributed by atoms with van der Waals surface area (Å²) in [5.41, 5.74) is 8.27. The Hall–Kier alpha value is -1.42. The van der Waals surface area contributed by atoms with E-state index >= 15 is 0 Å². The first-order valence-electron chi connectivity index (χ1n) is 6.99. The molecule has 1 unspecified atom stereocenters. The number of nitrogens with two attached hydrogens (primary N) is 1. The van der Waals surface area contributed by atoms with E-state index in [9.17, 15) is 4.39 Å². The lowest BCUT2D eigenvalue weighted by Crippen LogP contribution is -2.23. The van der Waals surface area contributed by atoms with E-state index in [1.54, 1.807) is 12.1 Å². The van der Waals surface area contributed by atoms with Crippen LogP contribution in [0.25, 0.3) is 0 Å². The molecule has 0 fully saturated rings. The van der Waals surface area contributed by atoms with Crippen LogP contribution in [0.4, 0.5) is 4.39 Å². The van der Waals surface area contributed by atoms with E-state index in [2.05, 4.69) is 4.90 Å². The first kappa shape index (κ1) is 16.0. The highest BCUT2D eigenvalue weighted by Crippen LogP contribution is 2.23. The van der Waals surface area contributed by atoms with E-state index in [0.717, 1.165) is 30.6 Å². The number of nitrogens with zero attached hydrogens (tertiary/aromatic N) is 1. The van der Waals surface area contributed by atoms with E-state index in [4.69, 9.17) is 17.3 Å². The second-order valence-corrected chi connectivity index (χ2v) is 5.69. The minimum absolute atomic E-state index is 0.0747. The van der Waals surface area contributed by atoms with Crippen molar-refractivity contribution in [3.63, 3.8) is 0 Å². The molecule has 0 aliphatic heterocycles. The molecule has 0 amide bonds. The smallest absolute Gasteiger partial charge is 0.123 e. The van der Waals surface area contributed by atoms with Crippen LogP contribution in [0.1, 0.15) is 23.6 Å². The maximum atomic E-state index is 12.9. The van der Waals surface area contributed by atoms with E-state index in [1.807, 2.05) is 31.3 Å². The molecule has 4 heteroatoms. The Morgan fingerprint density at radius 2 is 1.81 bits per heavy atom. The van der Waals surface area contributed by atoms with Gasteiger partial charge in [-0.25, -0.2) is 4.39 Å². The molecular weight excluding hydrogens is 287 g/mol. The van der Waals surface area contributed by atoms with Crippen LogP contribution in [0.15, 0.2) is 48.5 Å². The normalized spacial score (nSPS) is 12.6. The zero-order chi connectivity index (χ0) is 15.2. The first-order chi connectivity index (χ1) is 10.1. The van der Waals surface area contributed by atoms with Gasteiger partial charge in [0, 0.05) is 17.6 Å². The Balaban J connectivity index is 1.85. The summed E-state index contributed by atoms with van der Waals surface area (Å²) in [6.45, 7) is 1.62. The van der Waals surface area contributed by atoms with Gasteiger partial charge < -0.3 is 10.6 Å². The molecular formula is C17H20ClFN2. The van der Waals surface area contributed by atoms with Crippen molar-refractivity contribution in [1.29, 1.82) is 0 Å². The van der Waals surface area contributed by atoms with E-state index in [1.165, 1.54) is 12.1 Å². The number of halogens is 2. The average molecular weight is 307 g/mol. The minimum Gasteiger partial charge on any atom is -0.324 e. The van der Waals surface area contributed by atoms with Crippen LogP contribution in [-0.2, 0) is 6.54 Å². The van der Waals surface area contributed by atoms with Gasteiger partial charge in [-0.15, -0.1) is 0 Å². The maximum absolute atomic E-state index is 12.9. The summed E-state index contributed by atoms with van der Waals surface area (Å²) in [7, 11) is 2.03. The van der Waals surface area contributed by atoms with Gasteiger partial charge in [0.15, 0.2) is 0 Å². The Morgan fingerprint density at radius 1 is 1.14 bits per heavy atom. The van der Waals surface area contributed by atoms with Gasteiger partial charge in [0.25, 0.3) is 0 Å². The highest BCUT2D eigenvalue weighted by atomic mass is 35.5. The van der Waals surface area contributed by atoms with Gasteiger partial charge in [-0.3, -0.25) is 0 Å². The topological polar surface area (TPSA) is 29.3 Å². The number of hydrogen-bond acceptors (Lipinski definition) is 2. The summed E-state index contributed by atoms with van der Waals surface area (Å²) in [5.74, 6) is -0.206. The highest BCUT2D eigenvalue weighted by molar-refractivity contribution is 6.31. The second-order valence-electron chi connectivity index (χ2n) is 5.28. The van der Waals surface area contributed by atoms with E-state index < -0.39 is 0 Å². The second kappa shape index (κ2) is 7.55. The predicted octanol–water partition coefficient (Wildman–Crippen LogP) is 4.00. The quantitative estimate of drug-likeness (QED) is 0.874. The summed E-state index contributed by atoms with van der Waals surface area (Å²) >= 11 is 6.15. The van der Waals surface area contributed by atoms with E-state index in [0.29, 0.717) is 5.02 Å². The molecule has 2 aromatic rings. The molecule has 0 heterocycles. The van der Waals surface area contributed by atoms with Gasteiger partial charge in [0.2, 0.25) is 0 Å². The summed E-state index contributed by atoms with van der Waals surface area (Å²) in [6.07, 6.45) is 0.821. The third-order valence-electron chi connectivity index (χ3n) is 3.49. The number of rotatable bonds is 6. The Labute approximate surface area is 130 Å². The zero-order valence-electron chi connectivity index (χ0n) is 12.1. The fourth-order valence-electron chi connectivity index (χ4n) is 2.27. The van der Waals surface area contributed by atoms with Crippen molar-refractivity contribution >= 4 is 11.6 Å². The van der Waals surface area contributed by atoms with Gasteiger partial charge in [0.05, 0.1) is 0 Å². The largest absolute Gasteiger partial charge is 0.324 e. The molecule has 0 saturated carbocycles. The van der Waals surface area contributed by atoms with Crippen molar-refractivity contribution in [2.24, 2.45) is 5.73 Å². The lowest BCUT2D eigenvalue weighted by atomic mass is 10.0. The molecule has 2 aromatic carbocycles. The molecule has 0 spiro atoms. The minimum atomic E-state index is -0.206. The number of hydrogen-bond donors (Lipinski definition) is 1. The summed E-state index contributed by atoms with van der Waals surface area (Å²) < 4.78 is 12.9. The molecule has 2 rings (SSSR count). The fourth-order valence-corrected chi connectivity index (χ4v) is 2.55. The fraction of sp³-hybridized carbons (Fsp3) is 0.294. The third kappa shape index (κ3) is 4.81. The molecule has 0 radical (unpaired) electrons. The van der Waals surface area contributed by atoms with Crippen LogP contribution in [-0.4, -0.2) is 18.5 Å². The average Bonchev–Trinajstić information content (AvgIpc) is 2.48. The lowest BCUT2D eigenvalue weighted by Gasteiger charge is -2.20. The van der Waals surface area contributed by atoms with Crippen LogP contribution in [0.3, 0.4) is 0 Å². The van der Waals surface area contributed by atoms with Gasteiger partial charge in [0.1, 0.15) is 5.82 Å². The Morgan fingerprint density at radius 3 is 2.48 bits per heavy atom. The molecule has 2 nitrogen and oxygen atoms in total. The van der Waals surface area contributed by atoms with Crippen LogP contribution in [0.5, 0.6) is 0 Å². The van der Waals surface area contributed by atoms with Crippen molar-refractivity contribution in [1.82, 2.24) is 4.90 Å². The van der Waals surface area contributed by atoms with Crippen LogP contribution >= 0.6 is 11.6 Å². The predicted molar refractivity (Wildman–Crippen MR) is 85.7 cm³/mol. The summed E-state index contributed by atoms with van der Waals surface area (Å²) in [5, 5.41) is 0.714. The highest BCUT2D eigenvalue weighted by Gasteiger charge is 2.10. The first-order valence-corrected chi connectivity index (χ1v) is 7.37. The van der Waals surface area contributed by atoms with Crippen LogP contribution in [0, 0.1) is 5.82 Å². The van der Waals surface area contributed by atoms with Crippen molar-refractivity contribution in [2.75, 3.05) is 13.6 Å². The van der Waals surface area contributed by atoms with Gasteiger partial charge >= 0.3 is 0 Å². The SMILES string of the molecule is CN(CCC(N)c1ccccc1Cl)Cc1ccc(F)cc1. The van der Waals surface area contributed by atoms with Crippen molar-refractivity contribution in [3.05, 3.63) is 70.5 Å². The van der Waals surface area contributed by atoms with Crippen molar-refractivity contribution in [3.8, 4) is 0 Å². The molecule has 0 bridgehead atoms. The molecule has 0 aliphatic carbocycles. The molecule has 0 saturated heterocycles. The van der Waals surface area contributed by atoms with Crippen LogP contribution < -0.4 is 5.73 Å². The Kier molecular flexibility index (Phi) is 5.74. The molecule has 0 aliphatic rings. The van der Waals surface area contributed by atoms with Crippen molar-refractivity contribution in [2.45, 2.75) is 19.0 Å². The third-order valence-corrected chi connectivity index (χ3v) is 3.84. The number of benzene rings is 2. The molecule has 112 valence electrons. The summed E-state index contributed by atoms with van der Waals surface area (Å²) in [4.78, 5) is 2.17. The zero-order valence-corrected chi connectivity index (χ0v) is 12.9. The van der Waals surface area contributed by atoms with Gasteiger partial charge in [-0.05, 0) is 49.3 Å². The standard InChI is InChI=1S/C17H20ClFN2/c1-21(12-13-6-8-14(19)9-7-13)11-10-17(20)15-4-2-3-5-16(15)18/h2-9,17H,10-12,20H2,1H3. The molecule has 0 aromatic heterocycles. The lowest BCUT2D eigenvalue weighted by molar-refractivity contribution is 0.311. The monoisotopic (exact) mass is 306 g/mol. The van der Waals surface area contributed by atoms with Gasteiger partial charge in [-0.2, -0.15) is 0 Å². The maximum Gasteiger partial charge on any atom is 0.123 e. The molecule has 1 atom stereocenters. The Bertz CT molecular complexity index is 571. The van der Waals surface area contributed by atoms with Crippen molar-refractivity contribution < 1.29 is 4.39 Å². The molecule has 2 N–H and O–H groups in total. The van der Waals surface area contributed by atoms with Gasteiger partial charge in [-0.1, -0.05) is 41.9 Å². The summed E-state index contributed by atoms with van der Waals surface area (Å²) in [6, 6.07) is 14.2.